The number of nitrogens with zero attached hydrogens (tertiary/aromatic N) is 2. The van der Waals surface area contributed by atoms with Gasteiger partial charge in [-0.1, -0.05) is 0 Å². The van der Waals surface area contributed by atoms with Crippen molar-refractivity contribution < 1.29 is 23.8 Å². The molecule has 0 spiro atoms. The van der Waals surface area contributed by atoms with Crippen LogP contribution < -0.4 is 9.47 Å². The highest BCUT2D eigenvalue weighted by Crippen LogP contribution is 2.36. The van der Waals surface area contributed by atoms with E-state index in [0.717, 1.165) is 6.42 Å². The molecule has 1 aromatic rings. The van der Waals surface area contributed by atoms with Crippen LogP contribution in [0.1, 0.15) is 23.2 Å². The Kier molecular flexibility index (Phi) is 3.80. The number of hydrogen-bond donors (Lipinski definition) is 0. The molecule has 1 aromatic carbocycles. The summed E-state index contributed by atoms with van der Waals surface area (Å²) in [5.41, 5.74) is 0.572. The third kappa shape index (κ3) is 2.39. The maximum absolute atomic E-state index is 12.9. The molecule has 2 fully saturated rings. The fourth-order valence-electron chi connectivity index (χ4n) is 3.86. The van der Waals surface area contributed by atoms with Gasteiger partial charge in [0.25, 0.3) is 5.91 Å². The standard InChI is InChI=1S/C17H20N2O5/c1-22-7-6-18-12-4-5-19(13(12)9-16(18)20)17(21)11-2-3-14-15(8-11)24-10-23-14/h2-3,8,12-13H,4-7,9-10H2,1H3/t12-,13+/m1/s1. The molecule has 3 aliphatic rings. The molecule has 24 heavy (non-hydrogen) atoms. The average molecular weight is 332 g/mol. The Morgan fingerprint density at radius 3 is 2.96 bits per heavy atom. The molecule has 3 heterocycles. The molecule has 7 nitrogen and oxygen atoms in total. The maximum Gasteiger partial charge on any atom is 0.254 e. The summed E-state index contributed by atoms with van der Waals surface area (Å²) >= 11 is 0. The molecule has 128 valence electrons. The molecule has 0 bridgehead atoms. The molecule has 0 unspecified atom stereocenters. The molecule has 2 atom stereocenters. The number of likely N-dealkylation sites (tertiary alicyclic amines) is 2. The second-order valence-corrected chi connectivity index (χ2v) is 6.27. The fraction of sp³-hybridized carbons (Fsp3) is 0.529. The van der Waals surface area contributed by atoms with Gasteiger partial charge in [0.1, 0.15) is 0 Å². The molecule has 0 N–H and O–H groups in total. The lowest BCUT2D eigenvalue weighted by Crippen LogP contribution is -2.40. The van der Waals surface area contributed by atoms with Gasteiger partial charge in [-0.25, -0.2) is 0 Å². The summed E-state index contributed by atoms with van der Waals surface area (Å²) in [6.45, 7) is 1.96. The fourth-order valence-corrected chi connectivity index (χ4v) is 3.86. The number of carbonyl (C=O) groups excluding carboxylic acids is 2. The van der Waals surface area contributed by atoms with Crippen molar-refractivity contribution in [1.82, 2.24) is 9.80 Å². The van der Waals surface area contributed by atoms with E-state index >= 15 is 0 Å². The Labute approximate surface area is 140 Å². The Hall–Kier alpha value is -2.28. The summed E-state index contributed by atoms with van der Waals surface area (Å²) in [6.07, 6.45) is 1.21. The largest absolute Gasteiger partial charge is 0.454 e. The number of fused-ring (bicyclic) bond motifs is 2. The maximum atomic E-state index is 12.9. The molecule has 3 aliphatic heterocycles. The van der Waals surface area contributed by atoms with Crippen molar-refractivity contribution in [3.8, 4) is 11.5 Å². The quantitative estimate of drug-likeness (QED) is 0.819. The number of hydrogen-bond acceptors (Lipinski definition) is 5. The number of benzene rings is 1. The molecule has 0 saturated carbocycles. The van der Waals surface area contributed by atoms with Crippen molar-refractivity contribution >= 4 is 11.8 Å². The first kappa shape index (κ1) is 15.3. The number of ether oxygens (including phenoxy) is 3. The van der Waals surface area contributed by atoms with Crippen molar-refractivity contribution in [2.75, 3.05) is 33.6 Å². The predicted octanol–water partition coefficient (Wildman–Crippen LogP) is 0.877. The molecule has 0 aliphatic carbocycles. The van der Waals surface area contributed by atoms with Crippen molar-refractivity contribution in [3.63, 3.8) is 0 Å². The Balaban J connectivity index is 1.51. The molecular weight excluding hydrogens is 312 g/mol. The minimum Gasteiger partial charge on any atom is -0.454 e. The van der Waals surface area contributed by atoms with Gasteiger partial charge in [-0.3, -0.25) is 9.59 Å². The first-order valence-electron chi connectivity index (χ1n) is 8.18. The van der Waals surface area contributed by atoms with E-state index in [-0.39, 0.29) is 30.7 Å². The van der Waals surface area contributed by atoms with Crippen molar-refractivity contribution in [2.24, 2.45) is 0 Å². The van der Waals surface area contributed by atoms with Gasteiger partial charge in [0, 0.05) is 32.2 Å². The van der Waals surface area contributed by atoms with Crippen LogP contribution in [0.15, 0.2) is 18.2 Å². The van der Waals surface area contributed by atoms with Crippen LogP contribution in [0.2, 0.25) is 0 Å². The molecule has 2 amide bonds. The molecule has 0 radical (unpaired) electrons. The zero-order valence-electron chi connectivity index (χ0n) is 13.6. The minimum absolute atomic E-state index is 0.0488. The van der Waals surface area contributed by atoms with E-state index < -0.39 is 0 Å². The summed E-state index contributed by atoms with van der Waals surface area (Å²) < 4.78 is 15.7. The number of rotatable bonds is 4. The van der Waals surface area contributed by atoms with Gasteiger partial charge in [-0.2, -0.15) is 0 Å². The van der Waals surface area contributed by atoms with E-state index in [0.29, 0.717) is 43.2 Å². The van der Waals surface area contributed by atoms with Crippen molar-refractivity contribution in [1.29, 1.82) is 0 Å². The van der Waals surface area contributed by atoms with Gasteiger partial charge < -0.3 is 24.0 Å². The highest BCUT2D eigenvalue weighted by molar-refractivity contribution is 5.96. The SMILES string of the molecule is COCCN1C(=O)C[C@H]2[C@H]1CCN2C(=O)c1ccc2c(c1)OCO2. The Morgan fingerprint density at radius 2 is 2.12 bits per heavy atom. The average Bonchev–Trinajstić information content (AvgIpc) is 3.27. The second kappa shape index (κ2) is 5.98. The second-order valence-electron chi connectivity index (χ2n) is 6.27. The monoisotopic (exact) mass is 332 g/mol. The first-order valence-corrected chi connectivity index (χ1v) is 8.18. The molecule has 2 saturated heterocycles. The smallest absolute Gasteiger partial charge is 0.254 e. The summed E-state index contributed by atoms with van der Waals surface area (Å²) in [5.74, 6) is 1.31. The number of amides is 2. The highest BCUT2D eigenvalue weighted by atomic mass is 16.7. The Morgan fingerprint density at radius 1 is 1.29 bits per heavy atom. The van der Waals surface area contributed by atoms with Crippen LogP contribution >= 0.6 is 0 Å². The molecule has 7 heteroatoms. The zero-order valence-corrected chi connectivity index (χ0v) is 13.6. The zero-order chi connectivity index (χ0) is 16.7. The lowest BCUT2D eigenvalue weighted by Gasteiger charge is -2.25. The minimum atomic E-state index is -0.0535. The van der Waals surface area contributed by atoms with Crippen LogP contribution in [0.3, 0.4) is 0 Å². The van der Waals surface area contributed by atoms with Gasteiger partial charge in [0.05, 0.1) is 18.7 Å². The molecular formula is C17H20N2O5. The van der Waals surface area contributed by atoms with E-state index in [4.69, 9.17) is 14.2 Å². The van der Waals surface area contributed by atoms with Gasteiger partial charge >= 0.3 is 0 Å². The van der Waals surface area contributed by atoms with Crippen LogP contribution in [-0.4, -0.2) is 67.3 Å². The van der Waals surface area contributed by atoms with Gasteiger partial charge in [0.15, 0.2) is 11.5 Å². The van der Waals surface area contributed by atoms with Crippen LogP contribution in [0.25, 0.3) is 0 Å². The normalized spacial score (nSPS) is 24.6. The lowest BCUT2D eigenvalue weighted by molar-refractivity contribution is -0.129. The summed E-state index contributed by atoms with van der Waals surface area (Å²) in [6, 6.07) is 5.28. The summed E-state index contributed by atoms with van der Waals surface area (Å²) in [4.78, 5) is 28.8. The lowest BCUT2D eigenvalue weighted by atomic mass is 10.1. The molecule has 4 rings (SSSR count). The van der Waals surface area contributed by atoms with Crippen molar-refractivity contribution in [3.05, 3.63) is 23.8 Å². The Bertz CT molecular complexity index is 677. The third-order valence-electron chi connectivity index (χ3n) is 5.03. The van der Waals surface area contributed by atoms with Gasteiger partial charge in [-0.05, 0) is 24.6 Å². The highest BCUT2D eigenvalue weighted by Gasteiger charge is 2.48. The van der Waals surface area contributed by atoms with Crippen LogP contribution in [-0.2, 0) is 9.53 Å². The number of methoxy groups -OCH3 is 1. The van der Waals surface area contributed by atoms with Crippen LogP contribution in [0.4, 0.5) is 0 Å². The van der Waals surface area contributed by atoms with E-state index in [2.05, 4.69) is 0 Å². The summed E-state index contributed by atoms with van der Waals surface area (Å²) in [7, 11) is 1.63. The van der Waals surface area contributed by atoms with E-state index in [1.54, 1.807) is 25.3 Å². The van der Waals surface area contributed by atoms with Gasteiger partial charge in [-0.15, -0.1) is 0 Å². The predicted molar refractivity (Wildman–Crippen MR) is 84.0 cm³/mol. The number of carbonyl (C=O) groups is 2. The van der Waals surface area contributed by atoms with E-state index in [1.807, 2.05) is 9.80 Å². The molecule has 0 aromatic heterocycles. The third-order valence-corrected chi connectivity index (χ3v) is 5.03. The van der Waals surface area contributed by atoms with Crippen LogP contribution in [0.5, 0.6) is 11.5 Å². The van der Waals surface area contributed by atoms with E-state index in [1.165, 1.54) is 0 Å². The van der Waals surface area contributed by atoms with E-state index in [9.17, 15) is 9.59 Å². The first-order chi connectivity index (χ1) is 11.7. The topological polar surface area (TPSA) is 68.3 Å². The van der Waals surface area contributed by atoms with Crippen molar-refractivity contribution in [2.45, 2.75) is 24.9 Å². The van der Waals surface area contributed by atoms with Gasteiger partial charge in [0.2, 0.25) is 12.7 Å². The summed E-state index contributed by atoms with van der Waals surface area (Å²) in [5, 5.41) is 0. The van der Waals surface area contributed by atoms with Crippen LogP contribution in [0, 0.1) is 0 Å².